The van der Waals surface area contributed by atoms with Crippen LogP contribution in [0.4, 0.5) is 0 Å². The highest BCUT2D eigenvalue weighted by Gasteiger charge is 2.45. The maximum Gasteiger partial charge on any atom is 0.305 e. The largest absolute Gasteiger partial charge is 0.491 e. The minimum atomic E-state index is -0.903. The number of rotatable bonds is 14. The summed E-state index contributed by atoms with van der Waals surface area (Å²) in [5, 5.41) is 10.2. The fourth-order valence-corrected chi connectivity index (χ4v) is 6.34. The first-order valence-corrected chi connectivity index (χ1v) is 18.8. The van der Waals surface area contributed by atoms with Crippen LogP contribution in [0.15, 0.2) is 53.5 Å². The average Bonchev–Trinajstić information content (AvgIpc) is 3.04. The SMILES string of the molecule is C/C(=N\C1(N(C=O)C(CCC(C)(C)C)c2ccc(C)cc2)CCC(C(C)(C)C)CC1)c1cccc(OC(C)C)c1.CS.O=CNCCC(=O)O. The lowest BCUT2D eigenvalue weighted by molar-refractivity contribution is -0.137. The van der Waals surface area contributed by atoms with Gasteiger partial charge in [0.25, 0.3) is 0 Å². The molecule has 1 unspecified atom stereocenters. The summed E-state index contributed by atoms with van der Waals surface area (Å²) in [6, 6.07) is 16.9. The molecule has 0 spiro atoms. The predicted octanol–water partition coefficient (Wildman–Crippen LogP) is 9.30. The Bertz CT molecular complexity index is 1340. The van der Waals surface area contributed by atoms with Gasteiger partial charge in [0.2, 0.25) is 12.8 Å². The average molecular weight is 712 g/mol. The molecule has 2 amide bonds. The Kier molecular flexibility index (Phi) is 18.9. The minimum absolute atomic E-state index is 0.0151. The summed E-state index contributed by atoms with van der Waals surface area (Å²) in [6.07, 6.45) is 9.13. The summed E-state index contributed by atoms with van der Waals surface area (Å²) >= 11 is 3.53. The van der Waals surface area contributed by atoms with Crippen molar-refractivity contribution in [1.29, 1.82) is 0 Å². The molecule has 2 N–H and O–H groups in total. The number of amides is 2. The zero-order valence-corrected chi connectivity index (χ0v) is 33.5. The van der Waals surface area contributed by atoms with E-state index in [1.807, 2.05) is 26.0 Å². The number of nitrogens with one attached hydrogen (secondary N) is 1. The lowest BCUT2D eigenvalue weighted by Gasteiger charge is -2.49. The van der Waals surface area contributed by atoms with Gasteiger partial charge in [-0.15, -0.1) is 0 Å². The molecule has 3 rings (SSSR count). The molecule has 1 atom stereocenters. The van der Waals surface area contributed by atoms with E-state index in [4.69, 9.17) is 14.8 Å². The quantitative estimate of drug-likeness (QED) is 0.0784. The van der Waals surface area contributed by atoms with Gasteiger partial charge in [-0.25, -0.2) is 0 Å². The van der Waals surface area contributed by atoms with E-state index < -0.39 is 11.6 Å². The lowest BCUT2D eigenvalue weighted by Crippen LogP contribution is -2.52. The zero-order chi connectivity index (χ0) is 38.1. The molecule has 1 aliphatic rings. The Morgan fingerprint density at radius 2 is 1.66 bits per heavy atom. The third-order valence-corrected chi connectivity index (χ3v) is 9.14. The van der Waals surface area contributed by atoms with Crippen molar-refractivity contribution in [2.24, 2.45) is 21.7 Å². The second kappa shape index (κ2) is 21.1. The van der Waals surface area contributed by atoms with Crippen LogP contribution in [0.5, 0.6) is 5.75 Å². The number of carboxylic acids is 1. The molecule has 2 aromatic carbocycles. The number of benzene rings is 2. The molecule has 1 aliphatic carbocycles. The molecule has 2 aromatic rings. The van der Waals surface area contributed by atoms with Gasteiger partial charge in [0.05, 0.1) is 18.6 Å². The van der Waals surface area contributed by atoms with Crippen LogP contribution in [-0.2, 0) is 14.4 Å². The number of hydrogen-bond donors (Lipinski definition) is 3. The minimum Gasteiger partial charge on any atom is -0.491 e. The number of aliphatic carboxylic acids is 1. The van der Waals surface area contributed by atoms with Crippen LogP contribution < -0.4 is 10.1 Å². The number of hydrogen-bond acceptors (Lipinski definition) is 6. The van der Waals surface area contributed by atoms with Crippen molar-refractivity contribution in [1.82, 2.24) is 10.2 Å². The second-order valence-corrected chi connectivity index (χ2v) is 15.8. The Hall–Kier alpha value is -3.33. The topological polar surface area (TPSA) is 108 Å². The number of carbonyl (C=O) groups excluding carboxylic acids is 2. The molecule has 0 heterocycles. The van der Waals surface area contributed by atoms with Gasteiger partial charge in [-0.05, 0) is 112 Å². The van der Waals surface area contributed by atoms with E-state index in [1.54, 1.807) is 6.26 Å². The Balaban J connectivity index is 0.00000110. The van der Waals surface area contributed by atoms with E-state index in [1.165, 1.54) is 11.1 Å². The number of nitrogens with zero attached hydrogens (tertiary/aromatic N) is 2. The number of carboxylic acid groups (broad SMARTS) is 1. The van der Waals surface area contributed by atoms with Crippen molar-refractivity contribution in [3.63, 3.8) is 0 Å². The Morgan fingerprint density at radius 1 is 1.06 bits per heavy atom. The van der Waals surface area contributed by atoms with Crippen molar-refractivity contribution in [3.05, 3.63) is 65.2 Å². The smallest absolute Gasteiger partial charge is 0.305 e. The van der Waals surface area contributed by atoms with E-state index in [-0.39, 0.29) is 35.9 Å². The van der Waals surface area contributed by atoms with Gasteiger partial charge in [0, 0.05) is 12.3 Å². The highest BCUT2D eigenvalue weighted by molar-refractivity contribution is 7.79. The summed E-state index contributed by atoms with van der Waals surface area (Å²) < 4.78 is 5.99. The van der Waals surface area contributed by atoms with Crippen LogP contribution in [0, 0.1) is 23.7 Å². The van der Waals surface area contributed by atoms with E-state index >= 15 is 0 Å². The van der Waals surface area contributed by atoms with E-state index in [9.17, 15) is 14.4 Å². The van der Waals surface area contributed by atoms with Crippen molar-refractivity contribution >= 4 is 37.1 Å². The van der Waals surface area contributed by atoms with Crippen LogP contribution in [0.1, 0.15) is 130 Å². The fraction of sp³-hybridized carbons (Fsp3) is 0.610. The summed E-state index contributed by atoms with van der Waals surface area (Å²) in [7, 11) is 0. The predicted molar refractivity (Wildman–Crippen MR) is 210 cm³/mol. The number of carbonyl (C=O) groups is 3. The molecule has 280 valence electrons. The third-order valence-electron chi connectivity index (χ3n) is 9.14. The first-order valence-electron chi connectivity index (χ1n) is 17.9. The van der Waals surface area contributed by atoms with Crippen molar-refractivity contribution in [2.75, 3.05) is 12.8 Å². The second-order valence-electron chi connectivity index (χ2n) is 15.8. The van der Waals surface area contributed by atoms with E-state index in [0.717, 1.165) is 62.0 Å². The van der Waals surface area contributed by atoms with Gasteiger partial charge in [0.15, 0.2) is 0 Å². The highest BCUT2D eigenvalue weighted by Crippen LogP contribution is 2.47. The van der Waals surface area contributed by atoms with Crippen LogP contribution in [0.2, 0.25) is 0 Å². The zero-order valence-electron chi connectivity index (χ0n) is 32.6. The Labute approximate surface area is 308 Å². The maximum atomic E-state index is 13.2. The number of ether oxygens (including phenoxy) is 1. The molecule has 9 heteroatoms. The summed E-state index contributed by atoms with van der Waals surface area (Å²) in [6.45, 7) is 22.4. The van der Waals surface area contributed by atoms with Gasteiger partial charge < -0.3 is 20.1 Å². The molecule has 1 fully saturated rings. The van der Waals surface area contributed by atoms with Crippen molar-refractivity contribution < 1.29 is 24.2 Å². The van der Waals surface area contributed by atoms with Gasteiger partial charge in [-0.2, -0.15) is 12.6 Å². The summed E-state index contributed by atoms with van der Waals surface area (Å²) in [5.41, 5.74) is 4.24. The molecule has 1 saturated carbocycles. The third kappa shape index (κ3) is 15.3. The van der Waals surface area contributed by atoms with Crippen molar-refractivity contribution in [2.45, 2.75) is 132 Å². The molecule has 0 aliphatic heterocycles. The number of aliphatic imine (C=N–C) groups is 1. The first-order chi connectivity index (χ1) is 23.4. The van der Waals surface area contributed by atoms with Gasteiger partial charge >= 0.3 is 5.97 Å². The van der Waals surface area contributed by atoms with Crippen LogP contribution in [-0.4, -0.2) is 59.1 Å². The lowest BCUT2D eigenvalue weighted by atomic mass is 9.69. The van der Waals surface area contributed by atoms with E-state index in [0.29, 0.717) is 12.3 Å². The van der Waals surface area contributed by atoms with Crippen LogP contribution in [0.25, 0.3) is 0 Å². The molecular formula is C41H65N3O5S. The molecule has 50 heavy (non-hydrogen) atoms. The number of thiol groups is 1. The van der Waals surface area contributed by atoms with Gasteiger partial charge in [0.1, 0.15) is 11.4 Å². The Morgan fingerprint density at radius 3 is 2.14 bits per heavy atom. The fourth-order valence-electron chi connectivity index (χ4n) is 6.34. The van der Waals surface area contributed by atoms with Crippen LogP contribution in [0.3, 0.4) is 0 Å². The molecular weight excluding hydrogens is 647 g/mol. The monoisotopic (exact) mass is 711 g/mol. The standard InChI is InChI=1S/C36H54N2O2.C4H7NO3.CH4S/c1-26(2)40-32-13-11-12-30(24-32)28(4)37-36(22-18-31(19-23-36)35(8,9)10)38(25-39)33(20-21-34(5,6)7)29-16-14-27(3)15-17-29;6-3-5-2-1-4(7)8;1-2/h11-17,24-26,31,33H,18-23H2,1-10H3;3H,1-2H2,(H,5,6)(H,7,8);2H,1H3/b37-28+;;. The highest BCUT2D eigenvalue weighted by atomic mass is 32.1. The number of aryl methyl sites for hydroxylation is 1. The van der Waals surface area contributed by atoms with Crippen LogP contribution >= 0.6 is 12.6 Å². The van der Waals surface area contributed by atoms with Crippen molar-refractivity contribution in [3.8, 4) is 5.75 Å². The summed E-state index contributed by atoms with van der Waals surface area (Å²) in [5.74, 6) is 0.557. The molecule has 0 bridgehead atoms. The molecule has 8 nitrogen and oxygen atoms in total. The van der Waals surface area contributed by atoms with E-state index in [2.05, 4.69) is 115 Å². The van der Waals surface area contributed by atoms with Gasteiger partial charge in [-0.3, -0.25) is 19.4 Å². The molecule has 0 aromatic heterocycles. The maximum absolute atomic E-state index is 13.2. The van der Waals surface area contributed by atoms with Gasteiger partial charge in [-0.1, -0.05) is 83.5 Å². The molecule has 0 radical (unpaired) electrons. The summed E-state index contributed by atoms with van der Waals surface area (Å²) in [4.78, 5) is 40.0. The normalized spacial score (nSPS) is 18.4. The first kappa shape index (κ1) is 44.7. The molecule has 0 saturated heterocycles.